The molecule has 5 heteroatoms. The van der Waals surface area contributed by atoms with Gasteiger partial charge in [0.1, 0.15) is 0 Å². The predicted molar refractivity (Wildman–Crippen MR) is 85.6 cm³/mol. The Balaban J connectivity index is 1.92. The summed E-state index contributed by atoms with van der Waals surface area (Å²) in [6.07, 6.45) is 2.34. The zero-order valence-corrected chi connectivity index (χ0v) is 13.1. The number of aliphatic hydroxyl groups excluding tert-OH is 1. The lowest BCUT2D eigenvalue weighted by molar-refractivity contribution is -0.117. The third kappa shape index (κ3) is 4.56. The zero-order valence-electron chi connectivity index (χ0n) is 13.1. The molecule has 3 unspecified atom stereocenters. The van der Waals surface area contributed by atoms with E-state index in [-0.39, 0.29) is 30.4 Å². The van der Waals surface area contributed by atoms with Crippen LogP contribution in [0.4, 0.5) is 5.69 Å². The fraction of sp³-hybridized carbons (Fsp3) is 0.529. The number of hydrogen-bond acceptors (Lipinski definition) is 3. The van der Waals surface area contributed by atoms with Crippen molar-refractivity contribution in [3.8, 4) is 0 Å². The van der Waals surface area contributed by atoms with E-state index in [0.717, 1.165) is 12.8 Å². The molecule has 0 spiro atoms. The van der Waals surface area contributed by atoms with Crippen LogP contribution in [0.25, 0.3) is 0 Å². The number of benzene rings is 1. The van der Waals surface area contributed by atoms with Crippen LogP contribution in [0.15, 0.2) is 24.3 Å². The van der Waals surface area contributed by atoms with Gasteiger partial charge >= 0.3 is 0 Å². The van der Waals surface area contributed by atoms with Crippen molar-refractivity contribution in [2.24, 2.45) is 11.8 Å². The molecule has 3 atom stereocenters. The maximum Gasteiger partial charge on any atom is 0.251 e. The Bertz CT molecular complexity index is 544. The van der Waals surface area contributed by atoms with Crippen molar-refractivity contribution in [2.75, 3.05) is 11.9 Å². The summed E-state index contributed by atoms with van der Waals surface area (Å²) in [5.41, 5.74) is 1.18. The van der Waals surface area contributed by atoms with Gasteiger partial charge in [-0.15, -0.1) is 0 Å². The van der Waals surface area contributed by atoms with Gasteiger partial charge in [-0.3, -0.25) is 9.59 Å². The summed E-state index contributed by atoms with van der Waals surface area (Å²) in [6.45, 7) is 4.09. The summed E-state index contributed by atoms with van der Waals surface area (Å²) in [4.78, 5) is 24.1. The van der Waals surface area contributed by atoms with Crippen molar-refractivity contribution < 1.29 is 14.7 Å². The van der Waals surface area contributed by atoms with E-state index in [0.29, 0.717) is 23.6 Å². The molecule has 0 saturated heterocycles. The van der Waals surface area contributed by atoms with Crippen molar-refractivity contribution in [1.29, 1.82) is 0 Å². The lowest BCUT2D eigenvalue weighted by Gasteiger charge is -2.14. The molecule has 0 radical (unpaired) electrons. The largest absolute Gasteiger partial charge is 0.396 e. The second kappa shape index (κ2) is 7.40. The van der Waals surface area contributed by atoms with Crippen molar-refractivity contribution in [1.82, 2.24) is 5.32 Å². The van der Waals surface area contributed by atoms with Crippen LogP contribution < -0.4 is 10.6 Å². The number of amides is 2. The smallest absolute Gasteiger partial charge is 0.251 e. The third-order valence-electron chi connectivity index (χ3n) is 4.01. The van der Waals surface area contributed by atoms with Gasteiger partial charge in [-0.25, -0.2) is 0 Å². The van der Waals surface area contributed by atoms with Crippen LogP contribution in [0.1, 0.15) is 43.5 Å². The minimum atomic E-state index is -0.165. The van der Waals surface area contributed by atoms with E-state index in [4.69, 9.17) is 5.11 Å². The Kier molecular flexibility index (Phi) is 5.55. The predicted octanol–water partition coefficient (Wildman–Crippen LogP) is 2.17. The van der Waals surface area contributed by atoms with Crippen LogP contribution in [-0.2, 0) is 4.79 Å². The Labute approximate surface area is 131 Å². The number of hydrogen-bond donors (Lipinski definition) is 3. The van der Waals surface area contributed by atoms with Gasteiger partial charge < -0.3 is 15.7 Å². The van der Waals surface area contributed by atoms with Crippen LogP contribution in [0.5, 0.6) is 0 Å². The molecule has 1 aliphatic rings. The van der Waals surface area contributed by atoms with E-state index >= 15 is 0 Å². The van der Waals surface area contributed by atoms with E-state index in [9.17, 15) is 9.59 Å². The van der Waals surface area contributed by atoms with Crippen LogP contribution in [-0.4, -0.2) is 29.6 Å². The number of carbonyl (C=O) groups excluding carboxylic acids is 2. The molecule has 3 N–H and O–H groups in total. The molecule has 1 saturated carbocycles. The van der Waals surface area contributed by atoms with Crippen LogP contribution in [0, 0.1) is 11.8 Å². The number of carbonyl (C=O) groups is 2. The minimum Gasteiger partial charge on any atom is -0.396 e. The van der Waals surface area contributed by atoms with Gasteiger partial charge in [0, 0.05) is 29.8 Å². The zero-order chi connectivity index (χ0) is 16.1. The maximum atomic E-state index is 12.2. The Hall–Kier alpha value is -1.88. The minimum absolute atomic E-state index is 0.00482. The summed E-state index contributed by atoms with van der Waals surface area (Å²) in [5, 5.41) is 14.6. The fourth-order valence-corrected chi connectivity index (χ4v) is 2.44. The summed E-state index contributed by atoms with van der Waals surface area (Å²) in [7, 11) is 0. The van der Waals surface area contributed by atoms with Crippen LogP contribution in [0.2, 0.25) is 0 Å². The van der Waals surface area contributed by atoms with Gasteiger partial charge in [-0.1, -0.05) is 13.0 Å². The SMILES string of the molecule is CC(CCCO)NC(=O)c1cccc(NC(=O)C2CC2C)c1. The highest BCUT2D eigenvalue weighted by molar-refractivity contribution is 5.98. The van der Waals surface area contributed by atoms with Crippen molar-refractivity contribution in [2.45, 2.75) is 39.2 Å². The van der Waals surface area contributed by atoms with Gasteiger partial charge in [-0.2, -0.15) is 0 Å². The average Bonchev–Trinajstić information content (AvgIpc) is 3.22. The second-order valence-corrected chi connectivity index (χ2v) is 6.13. The Morgan fingerprint density at radius 2 is 2.14 bits per heavy atom. The van der Waals surface area contributed by atoms with E-state index in [1.807, 2.05) is 6.92 Å². The molecule has 0 aromatic heterocycles. The molecule has 120 valence electrons. The van der Waals surface area contributed by atoms with E-state index < -0.39 is 0 Å². The maximum absolute atomic E-state index is 12.2. The molecule has 2 amide bonds. The van der Waals surface area contributed by atoms with E-state index in [1.54, 1.807) is 24.3 Å². The lowest BCUT2D eigenvalue weighted by Crippen LogP contribution is -2.32. The first-order chi connectivity index (χ1) is 10.5. The first-order valence-corrected chi connectivity index (χ1v) is 7.84. The average molecular weight is 304 g/mol. The van der Waals surface area contributed by atoms with Gasteiger partial charge in [0.15, 0.2) is 0 Å². The molecule has 1 aromatic carbocycles. The van der Waals surface area contributed by atoms with Crippen LogP contribution in [0.3, 0.4) is 0 Å². The van der Waals surface area contributed by atoms with Crippen molar-refractivity contribution >= 4 is 17.5 Å². The Morgan fingerprint density at radius 3 is 2.77 bits per heavy atom. The molecule has 0 heterocycles. The summed E-state index contributed by atoms with van der Waals surface area (Å²) in [6, 6.07) is 6.98. The number of anilines is 1. The number of aliphatic hydroxyl groups is 1. The first-order valence-electron chi connectivity index (χ1n) is 7.84. The molecule has 5 nitrogen and oxygen atoms in total. The second-order valence-electron chi connectivity index (χ2n) is 6.13. The van der Waals surface area contributed by atoms with Crippen molar-refractivity contribution in [3.63, 3.8) is 0 Å². The molecule has 1 fully saturated rings. The number of nitrogens with one attached hydrogen (secondary N) is 2. The molecule has 0 aliphatic heterocycles. The molecule has 0 bridgehead atoms. The third-order valence-corrected chi connectivity index (χ3v) is 4.01. The first kappa shape index (κ1) is 16.5. The number of rotatable bonds is 7. The fourth-order valence-electron chi connectivity index (χ4n) is 2.44. The highest BCUT2D eigenvalue weighted by atomic mass is 16.3. The monoisotopic (exact) mass is 304 g/mol. The normalized spacial score (nSPS) is 21.0. The lowest BCUT2D eigenvalue weighted by atomic mass is 10.1. The quantitative estimate of drug-likeness (QED) is 0.722. The topological polar surface area (TPSA) is 78.4 Å². The highest BCUT2D eigenvalue weighted by Crippen LogP contribution is 2.38. The van der Waals surface area contributed by atoms with E-state index in [1.165, 1.54) is 0 Å². The molecular weight excluding hydrogens is 280 g/mol. The summed E-state index contributed by atoms with van der Waals surface area (Å²) < 4.78 is 0. The highest BCUT2D eigenvalue weighted by Gasteiger charge is 2.39. The van der Waals surface area contributed by atoms with Gasteiger partial charge in [0.25, 0.3) is 5.91 Å². The van der Waals surface area contributed by atoms with Gasteiger partial charge in [0.05, 0.1) is 0 Å². The molecular formula is C17H24N2O3. The van der Waals surface area contributed by atoms with E-state index in [2.05, 4.69) is 17.6 Å². The molecule has 22 heavy (non-hydrogen) atoms. The summed E-state index contributed by atoms with van der Waals surface area (Å²) >= 11 is 0. The standard InChI is InChI=1S/C17H24N2O3/c1-11-9-15(11)17(22)19-14-7-3-6-13(10-14)16(21)18-12(2)5-4-8-20/h3,6-7,10-12,15,20H,4-5,8-9H2,1-2H3,(H,18,21)(H,19,22). The molecule has 1 aromatic rings. The van der Waals surface area contributed by atoms with Gasteiger partial charge in [-0.05, 0) is 50.3 Å². The molecule has 1 aliphatic carbocycles. The molecule has 2 rings (SSSR count). The van der Waals surface area contributed by atoms with Gasteiger partial charge in [0.2, 0.25) is 5.91 Å². The summed E-state index contributed by atoms with van der Waals surface area (Å²) in [5.74, 6) is 0.428. The van der Waals surface area contributed by atoms with Crippen LogP contribution >= 0.6 is 0 Å². The Morgan fingerprint density at radius 1 is 1.41 bits per heavy atom. The van der Waals surface area contributed by atoms with Crippen molar-refractivity contribution in [3.05, 3.63) is 29.8 Å².